The van der Waals surface area contributed by atoms with Gasteiger partial charge in [-0.1, -0.05) is 0 Å². The Morgan fingerprint density at radius 2 is 1.92 bits per heavy atom. The lowest BCUT2D eigenvalue weighted by Crippen LogP contribution is -2.30. The molecule has 0 saturated carbocycles. The van der Waals surface area contributed by atoms with Gasteiger partial charge in [-0.15, -0.1) is 0 Å². The Bertz CT molecular complexity index is 784. The van der Waals surface area contributed by atoms with Crippen LogP contribution in [0.2, 0.25) is 0 Å². The predicted molar refractivity (Wildman–Crippen MR) is 97.4 cm³/mol. The number of furan rings is 1. The van der Waals surface area contributed by atoms with Crippen LogP contribution in [0.15, 0.2) is 59.4 Å². The second-order valence-electron chi connectivity index (χ2n) is 6.16. The summed E-state index contributed by atoms with van der Waals surface area (Å²) in [6.07, 6.45) is 6.10. The Labute approximate surface area is 148 Å². The quantitative estimate of drug-likeness (QED) is 0.656. The largest absolute Gasteiger partial charge is 0.497 e. The summed E-state index contributed by atoms with van der Waals surface area (Å²) >= 11 is 0. The van der Waals surface area contributed by atoms with Gasteiger partial charge in [0.25, 0.3) is 0 Å². The number of nitrogens with zero attached hydrogens (tertiary/aromatic N) is 3. The van der Waals surface area contributed by atoms with Gasteiger partial charge in [-0.3, -0.25) is 14.9 Å². The average molecular weight is 337 g/mol. The molecule has 130 valence electrons. The number of rotatable bonds is 7. The third kappa shape index (κ3) is 4.45. The van der Waals surface area contributed by atoms with E-state index in [1.165, 1.54) is 0 Å². The molecule has 25 heavy (non-hydrogen) atoms. The first-order valence-electron chi connectivity index (χ1n) is 8.34. The summed E-state index contributed by atoms with van der Waals surface area (Å²) < 4.78 is 11.2. The van der Waals surface area contributed by atoms with Crippen molar-refractivity contribution in [1.29, 1.82) is 0 Å². The van der Waals surface area contributed by atoms with Crippen molar-refractivity contribution in [2.45, 2.75) is 25.9 Å². The maximum absolute atomic E-state index is 6.00. The summed E-state index contributed by atoms with van der Waals surface area (Å²) in [5.74, 6) is 2.65. The van der Waals surface area contributed by atoms with Crippen molar-refractivity contribution in [3.63, 3.8) is 0 Å². The van der Waals surface area contributed by atoms with E-state index in [2.05, 4.69) is 28.8 Å². The smallest absolute Gasteiger partial charge is 0.134 e. The van der Waals surface area contributed by atoms with Crippen LogP contribution in [0.4, 0.5) is 0 Å². The first kappa shape index (κ1) is 17.2. The molecule has 0 unspecified atom stereocenters. The molecule has 1 atom stereocenters. The summed E-state index contributed by atoms with van der Waals surface area (Å²) in [5.41, 5.74) is 2.04. The highest BCUT2D eigenvalue weighted by molar-refractivity contribution is 5.58. The first-order valence-corrected chi connectivity index (χ1v) is 8.34. The van der Waals surface area contributed by atoms with Gasteiger partial charge in [-0.25, -0.2) is 0 Å². The Morgan fingerprint density at radius 3 is 2.60 bits per heavy atom. The summed E-state index contributed by atoms with van der Waals surface area (Å²) in [6, 6.07) is 12.3. The molecule has 0 spiro atoms. The Kier molecular flexibility index (Phi) is 5.46. The van der Waals surface area contributed by atoms with Crippen LogP contribution in [0, 0.1) is 0 Å². The molecular weight excluding hydrogens is 314 g/mol. The monoisotopic (exact) mass is 337 g/mol. The Hall–Kier alpha value is -2.66. The molecule has 5 nitrogen and oxygen atoms in total. The molecule has 0 fully saturated rings. The van der Waals surface area contributed by atoms with E-state index in [1.54, 1.807) is 19.5 Å². The van der Waals surface area contributed by atoms with Gasteiger partial charge >= 0.3 is 0 Å². The van der Waals surface area contributed by atoms with E-state index in [9.17, 15) is 0 Å². The third-order valence-electron chi connectivity index (χ3n) is 4.32. The van der Waals surface area contributed by atoms with Gasteiger partial charge < -0.3 is 9.15 Å². The average Bonchev–Trinajstić information content (AvgIpc) is 3.11. The number of hydrogen-bond donors (Lipinski definition) is 0. The Morgan fingerprint density at radius 1 is 1.12 bits per heavy atom. The third-order valence-corrected chi connectivity index (χ3v) is 4.32. The van der Waals surface area contributed by atoms with Crippen LogP contribution < -0.4 is 4.74 Å². The van der Waals surface area contributed by atoms with Crippen molar-refractivity contribution in [2.75, 3.05) is 14.2 Å². The first-order chi connectivity index (χ1) is 12.2. The minimum absolute atomic E-state index is 0.339. The van der Waals surface area contributed by atoms with E-state index in [1.807, 2.05) is 42.6 Å². The zero-order valence-corrected chi connectivity index (χ0v) is 14.8. The molecule has 5 heteroatoms. The molecule has 0 aliphatic heterocycles. The van der Waals surface area contributed by atoms with Gasteiger partial charge in [-0.2, -0.15) is 0 Å². The van der Waals surface area contributed by atoms with Crippen molar-refractivity contribution in [1.82, 2.24) is 14.9 Å². The van der Waals surface area contributed by atoms with Gasteiger partial charge in [0.2, 0.25) is 0 Å². The molecule has 2 heterocycles. The lowest BCUT2D eigenvalue weighted by molar-refractivity contribution is 0.228. The standard InChI is InChI=1S/C20H23N3O2/c1-15(12-17-13-21-10-11-22-17)23(2)14-19-8-9-20(25-19)16-4-6-18(24-3)7-5-16/h4-11,13,15H,12,14H2,1-3H3/t15-/m1/s1. The Balaban J connectivity index is 1.62. The maximum Gasteiger partial charge on any atom is 0.134 e. The van der Waals surface area contributed by atoms with Crippen LogP contribution in [0.25, 0.3) is 11.3 Å². The maximum atomic E-state index is 6.00. The van der Waals surface area contributed by atoms with E-state index in [0.29, 0.717) is 6.04 Å². The fourth-order valence-corrected chi connectivity index (χ4v) is 2.67. The fourth-order valence-electron chi connectivity index (χ4n) is 2.67. The van der Waals surface area contributed by atoms with E-state index in [4.69, 9.17) is 9.15 Å². The molecule has 0 bridgehead atoms. The number of hydrogen-bond acceptors (Lipinski definition) is 5. The minimum atomic E-state index is 0.339. The highest BCUT2D eigenvalue weighted by Gasteiger charge is 2.14. The van der Waals surface area contributed by atoms with E-state index in [0.717, 1.165) is 41.5 Å². The molecule has 3 aromatic rings. The molecule has 2 aromatic heterocycles. The second kappa shape index (κ2) is 7.94. The van der Waals surface area contributed by atoms with Crippen molar-refractivity contribution < 1.29 is 9.15 Å². The topological polar surface area (TPSA) is 51.4 Å². The highest BCUT2D eigenvalue weighted by atomic mass is 16.5. The van der Waals surface area contributed by atoms with Crippen LogP contribution in [0.5, 0.6) is 5.75 Å². The van der Waals surface area contributed by atoms with Crippen LogP contribution in [-0.2, 0) is 13.0 Å². The van der Waals surface area contributed by atoms with Crippen LogP contribution in [0.3, 0.4) is 0 Å². The number of likely N-dealkylation sites (N-methyl/N-ethyl adjacent to an activating group) is 1. The zero-order chi connectivity index (χ0) is 17.6. The van der Waals surface area contributed by atoms with Crippen molar-refractivity contribution in [3.8, 4) is 17.1 Å². The molecule has 1 aromatic carbocycles. The van der Waals surface area contributed by atoms with E-state index in [-0.39, 0.29) is 0 Å². The number of methoxy groups -OCH3 is 1. The minimum Gasteiger partial charge on any atom is -0.497 e. The summed E-state index contributed by atoms with van der Waals surface area (Å²) in [5, 5.41) is 0. The lowest BCUT2D eigenvalue weighted by Gasteiger charge is -2.23. The SMILES string of the molecule is COc1ccc(-c2ccc(CN(C)[C@H](C)Cc3cnccn3)o2)cc1. The van der Waals surface area contributed by atoms with E-state index >= 15 is 0 Å². The number of aromatic nitrogens is 2. The molecule has 0 radical (unpaired) electrons. The molecule has 0 saturated heterocycles. The lowest BCUT2D eigenvalue weighted by atomic mass is 10.1. The number of ether oxygens (including phenoxy) is 1. The van der Waals surface area contributed by atoms with Crippen LogP contribution >= 0.6 is 0 Å². The molecule has 3 rings (SSSR count). The van der Waals surface area contributed by atoms with Crippen LogP contribution in [0.1, 0.15) is 18.4 Å². The van der Waals surface area contributed by atoms with Crippen LogP contribution in [-0.4, -0.2) is 35.1 Å². The molecule has 0 amide bonds. The van der Waals surface area contributed by atoms with Gasteiger partial charge in [0.05, 0.1) is 19.3 Å². The highest BCUT2D eigenvalue weighted by Crippen LogP contribution is 2.25. The summed E-state index contributed by atoms with van der Waals surface area (Å²) in [4.78, 5) is 10.7. The van der Waals surface area contributed by atoms with E-state index < -0.39 is 0 Å². The van der Waals surface area contributed by atoms with Gasteiger partial charge in [0, 0.05) is 36.6 Å². The normalized spacial score (nSPS) is 12.3. The van der Waals surface area contributed by atoms with Gasteiger partial charge in [0.15, 0.2) is 0 Å². The predicted octanol–water partition coefficient (Wildman–Crippen LogP) is 3.81. The van der Waals surface area contributed by atoms with Crippen molar-refractivity contribution >= 4 is 0 Å². The number of benzene rings is 1. The molecule has 0 aliphatic carbocycles. The van der Waals surface area contributed by atoms with Gasteiger partial charge in [-0.05, 0) is 50.4 Å². The summed E-state index contributed by atoms with van der Waals surface area (Å²) in [7, 11) is 3.76. The second-order valence-corrected chi connectivity index (χ2v) is 6.16. The van der Waals surface area contributed by atoms with Crippen molar-refractivity contribution in [2.24, 2.45) is 0 Å². The fraction of sp³-hybridized carbons (Fsp3) is 0.300. The zero-order valence-electron chi connectivity index (χ0n) is 14.8. The molecule has 0 N–H and O–H groups in total. The van der Waals surface area contributed by atoms with Gasteiger partial charge in [0.1, 0.15) is 17.3 Å². The molecular formula is C20H23N3O2. The summed E-state index contributed by atoms with van der Waals surface area (Å²) in [6.45, 7) is 2.93. The molecule has 0 aliphatic rings. The van der Waals surface area contributed by atoms with Crippen molar-refractivity contribution in [3.05, 3.63) is 66.4 Å².